The summed E-state index contributed by atoms with van der Waals surface area (Å²) in [5.41, 5.74) is 13.0. The van der Waals surface area contributed by atoms with Crippen LogP contribution in [-0.2, 0) is 69.1 Å². The lowest BCUT2D eigenvalue weighted by atomic mass is 10.00. The molecule has 9 atom stereocenters. The third kappa shape index (κ3) is 23.5. The predicted molar refractivity (Wildman–Crippen MR) is 309 cm³/mol. The standard InChI is InChI=1S/C54H84N12O15S2/c1-30(2)19-37-49(74)61-38(23-44(69)70)50(75)65-45(31(3)4)54(79)66-16-12-14-42(66)53(78)62-39(25-67)51(76)63-40(46(56)71)28-82-26-33-20-34-22-35(21-33)80-17-10-6-7-11-18-81-57-24-43(68)59-36(13-8-9-15-55)48(73)64-41(29-83-27-34)52(77)58-32(5)47(72)60-37/h20-22,24,30-32,36-42,45,67H,6-19,23,25-29,55H2,1-5H3,(H2,56,71)(H,58,77)(H,59,68)(H,60,72)(H,61,74)(H,62,78)(H,63,76)(H,64,73)(H,65,75)(H,69,70)/b57-24+/t32-,36-,37-,38-,39-,40-,41-,42-,45?/m0/s1. The average Bonchev–Trinajstić information content (AvgIpc) is 4.18. The molecule has 0 aliphatic carbocycles. The summed E-state index contributed by atoms with van der Waals surface area (Å²) in [5, 5.41) is 44.6. The lowest BCUT2D eigenvalue weighted by Crippen LogP contribution is -2.61. The summed E-state index contributed by atoms with van der Waals surface area (Å²) in [6, 6.07) is -6.93. The second-order valence-corrected chi connectivity index (χ2v) is 23.5. The van der Waals surface area contributed by atoms with Crippen molar-refractivity contribution in [2.75, 3.05) is 44.4 Å². The Hall–Kier alpha value is -6.72. The molecular formula is C54H84N12O15S2. The van der Waals surface area contributed by atoms with Gasteiger partial charge in [0.1, 0.15) is 72.9 Å². The van der Waals surface area contributed by atoms with E-state index in [0.717, 1.165) is 30.2 Å². The Morgan fingerprint density at radius 1 is 0.711 bits per heavy atom. The van der Waals surface area contributed by atoms with Gasteiger partial charge in [-0.15, -0.1) is 0 Å². The summed E-state index contributed by atoms with van der Waals surface area (Å²) in [6.07, 6.45) is 4.37. The van der Waals surface area contributed by atoms with Crippen molar-refractivity contribution in [1.82, 2.24) is 47.4 Å². The number of fused-ring (bicyclic) bond motifs is 6. The average molecular weight is 1210 g/mol. The molecule has 1 aromatic carbocycles. The van der Waals surface area contributed by atoms with E-state index in [-0.39, 0.29) is 61.3 Å². The number of carboxylic acid groups (broad SMARTS) is 1. The molecule has 3 heterocycles. The summed E-state index contributed by atoms with van der Waals surface area (Å²) in [7, 11) is 0. The Morgan fingerprint density at radius 3 is 1.98 bits per heavy atom. The zero-order valence-corrected chi connectivity index (χ0v) is 49.5. The highest BCUT2D eigenvalue weighted by Crippen LogP contribution is 2.26. The molecule has 29 heteroatoms. The first-order chi connectivity index (χ1) is 39.5. The maximum atomic E-state index is 14.4. The first-order valence-electron chi connectivity index (χ1n) is 28.1. The number of ether oxygens (including phenoxy) is 1. The molecule has 3 aliphatic heterocycles. The lowest BCUT2D eigenvalue weighted by molar-refractivity contribution is -0.144. The number of rotatable bonds is 11. The van der Waals surface area contributed by atoms with Crippen LogP contribution >= 0.6 is 23.5 Å². The number of primary amides is 1. The van der Waals surface area contributed by atoms with Crippen LogP contribution in [0.15, 0.2) is 23.4 Å². The van der Waals surface area contributed by atoms with E-state index in [1.165, 1.54) is 35.3 Å². The number of aliphatic hydroxyl groups excluding tert-OH is 1. The molecule has 0 saturated carbocycles. The van der Waals surface area contributed by atoms with Crippen LogP contribution in [-0.4, -0.2) is 185 Å². The number of thioether (sulfide) groups is 2. The first kappa shape index (κ1) is 68.8. The van der Waals surface area contributed by atoms with Crippen LogP contribution in [0.5, 0.6) is 5.75 Å². The van der Waals surface area contributed by atoms with E-state index in [9.17, 15) is 63.0 Å². The number of oxime groups is 1. The minimum atomic E-state index is -1.79. The second-order valence-electron chi connectivity index (χ2n) is 21.5. The Morgan fingerprint density at radius 2 is 1.34 bits per heavy atom. The number of hydrogen-bond donors (Lipinski definition) is 12. The van der Waals surface area contributed by atoms with Crippen LogP contribution in [0.2, 0.25) is 0 Å². The van der Waals surface area contributed by atoms with Crippen molar-refractivity contribution in [3.63, 3.8) is 0 Å². The van der Waals surface area contributed by atoms with Gasteiger partial charge in [-0.3, -0.25) is 52.7 Å². The summed E-state index contributed by atoms with van der Waals surface area (Å²) >= 11 is 2.49. The van der Waals surface area contributed by atoms with E-state index in [2.05, 4.69) is 47.7 Å². The van der Waals surface area contributed by atoms with E-state index in [0.29, 0.717) is 51.0 Å². The molecule has 462 valence electrons. The van der Waals surface area contributed by atoms with Crippen LogP contribution in [0.25, 0.3) is 0 Å². The van der Waals surface area contributed by atoms with Crippen molar-refractivity contribution < 1.29 is 72.5 Å². The fourth-order valence-electron chi connectivity index (χ4n) is 9.16. The van der Waals surface area contributed by atoms with Crippen molar-refractivity contribution in [2.24, 2.45) is 28.5 Å². The zero-order valence-electron chi connectivity index (χ0n) is 47.9. The minimum Gasteiger partial charge on any atom is -0.494 e. The molecule has 3 aliphatic rings. The van der Waals surface area contributed by atoms with Crippen LogP contribution in [0.3, 0.4) is 0 Å². The van der Waals surface area contributed by atoms with Crippen LogP contribution in [0, 0.1) is 11.8 Å². The number of carboxylic acids is 1. The molecule has 4 bridgehead atoms. The number of unbranched alkanes of at least 4 members (excludes halogenated alkanes) is 1. The van der Waals surface area contributed by atoms with Crippen molar-refractivity contribution in [3.05, 3.63) is 29.3 Å². The van der Waals surface area contributed by atoms with Gasteiger partial charge in [-0.1, -0.05) is 38.9 Å². The zero-order chi connectivity index (χ0) is 61.2. The molecule has 27 nitrogen and oxygen atoms in total. The van der Waals surface area contributed by atoms with Gasteiger partial charge >= 0.3 is 5.97 Å². The molecule has 1 aromatic rings. The van der Waals surface area contributed by atoms with Gasteiger partial charge in [0.15, 0.2) is 0 Å². The Bertz CT molecular complexity index is 2450. The molecule has 83 heavy (non-hydrogen) atoms. The third-order valence-electron chi connectivity index (χ3n) is 13.6. The van der Waals surface area contributed by atoms with Gasteiger partial charge in [-0.05, 0) is 113 Å². The Balaban J connectivity index is 1.78. The van der Waals surface area contributed by atoms with Gasteiger partial charge in [-0.25, -0.2) is 0 Å². The van der Waals surface area contributed by atoms with Crippen molar-refractivity contribution in [3.8, 4) is 5.75 Å². The first-order valence-corrected chi connectivity index (χ1v) is 30.4. The third-order valence-corrected chi connectivity index (χ3v) is 15.9. The molecule has 1 saturated heterocycles. The summed E-state index contributed by atoms with van der Waals surface area (Å²) in [5.74, 6) is -10.0. The number of carbonyl (C=O) groups is 11. The highest BCUT2D eigenvalue weighted by Gasteiger charge is 2.41. The number of nitrogens with one attached hydrogen (secondary N) is 8. The molecule has 1 unspecified atom stereocenters. The van der Waals surface area contributed by atoms with E-state index >= 15 is 0 Å². The van der Waals surface area contributed by atoms with Gasteiger partial charge < -0.3 is 78.7 Å². The summed E-state index contributed by atoms with van der Waals surface area (Å²) in [6.45, 7) is 8.06. The van der Waals surface area contributed by atoms with Crippen LogP contribution in [0.4, 0.5) is 0 Å². The topological polar surface area (TPSA) is 411 Å². The van der Waals surface area contributed by atoms with Gasteiger partial charge in [0.2, 0.25) is 53.2 Å². The number of aliphatic carboxylic acids is 1. The van der Waals surface area contributed by atoms with E-state index in [1.54, 1.807) is 27.7 Å². The van der Waals surface area contributed by atoms with Crippen molar-refractivity contribution in [2.45, 2.75) is 171 Å². The van der Waals surface area contributed by atoms with Gasteiger partial charge in [0.05, 0.1) is 19.6 Å². The molecule has 0 spiro atoms. The smallest absolute Gasteiger partial charge is 0.305 e. The molecular weight excluding hydrogens is 1120 g/mol. The molecule has 0 aromatic heterocycles. The molecule has 0 radical (unpaired) electrons. The molecule has 1 fully saturated rings. The number of hydrogen-bond acceptors (Lipinski definition) is 18. The number of nitrogens with two attached hydrogens (primary N) is 2. The Kier molecular flexibility index (Phi) is 29.4. The number of carbonyl (C=O) groups excluding carboxylic acids is 10. The monoisotopic (exact) mass is 1200 g/mol. The highest BCUT2D eigenvalue weighted by molar-refractivity contribution is 7.98. The van der Waals surface area contributed by atoms with E-state index < -0.39 is 138 Å². The normalized spacial score (nSPS) is 26.7. The predicted octanol–water partition coefficient (Wildman–Crippen LogP) is -1.21. The summed E-state index contributed by atoms with van der Waals surface area (Å²) < 4.78 is 6.21. The fraction of sp³-hybridized carbons (Fsp3) is 0.667. The maximum Gasteiger partial charge on any atom is 0.305 e. The van der Waals surface area contributed by atoms with E-state index in [1.807, 2.05) is 18.2 Å². The largest absolute Gasteiger partial charge is 0.494 e. The van der Waals surface area contributed by atoms with Crippen molar-refractivity contribution >= 4 is 94.8 Å². The lowest BCUT2D eigenvalue weighted by Gasteiger charge is -2.32. The summed E-state index contributed by atoms with van der Waals surface area (Å²) in [4.78, 5) is 157. The van der Waals surface area contributed by atoms with Crippen LogP contribution in [0.1, 0.15) is 116 Å². The van der Waals surface area contributed by atoms with Gasteiger partial charge in [0.25, 0.3) is 5.91 Å². The Labute approximate surface area is 491 Å². The SMILES string of the molecule is CC(C)C[C@@H]1NC(=O)[C@H](C)NC(=O)[C@@H]2CSCc3cc(cc(c3)OCCCCCCO/N=C/C(=O)N[C@@H](CCCCN)C(=O)N2)CSC[C@@H](C(N)=O)NC(=O)[C@H](CO)NC(=O)[C@@H]2CCCN2C(=O)C(C(C)C)NC(=O)[C@H](CC(=O)O)NC1=O. The van der Waals surface area contributed by atoms with E-state index in [4.69, 9.17) is 21.0 Å². The van der Waals surface area contributed by atoms with Crippen molar-refractivity contribution in [1.29, 1.82) is 0 Å². The molecule has 10 amide bonds. The minimum absolute atomic E-state index is 0.0221. The second kappa shape index (κ2) is 35.4. The molecule has 4 rings (SSSR count). The molecule has 14 N–H and O–H groups in total. The highest BCUT2D eigenvalue weighted by atomic mass is 32.2. The van der Waals surface area contributed by atoms with Crippen LogP contribution < -0.4 is 58.7 Å². The quantitative estimate of drug-likeness (QED) is 0.116. The van der Waals surface area contributed by atoms with Gasteiger partial charge in [0, 0.05) is 29.6 Å². The maximum absolute atomic E-state index is 14.4. The number of benzene rings is 1. The fourth-order valence-corrected chi connectivity index (χ4v) is 11.2. The number of nitrogens with zero attached hydrogens (tertiary/aromatic N) is 2. The number of aliphatic hydroxyl groups is 1. The number of amides is 10. The van der Waals surface area contributed by atoms with Gasteiger partial charge in [-0.2, -0.15) is 23.5 Å².